The van der Waals surface area contributed by atoms with Gasteiger partial charge in [-0.3, -0.25) is 14.4 Å². The number of hydrogen-bond donors (Lipinski definition) is 3. The van der Waals surface area contributed by atoms with E-state index in [0.29, 0.717) is 6.54 Å². The van der Waals surface area contributed by atoms with Crippen LogP contribution in [0.1, 0.15) is 0 Å². The lowest BCUT2D eigenvalue weighted by atomic mass is 10.1. The summed E-state index contributed by atoms with van der Waals surface area (Å²) in [7, 11) is -0.0401. The van der Waals surface area contributed by atoms with Gasteiger partial charge in [0.15, 0.2) is 4.90 Å². The van der Waals surface area contributed by atoms with Gasteiger partial charge in [-0.15, -0.1) is 0 Å². The largest absolute Gasteiger partial charge is 0.495 e. The fourth-order valence-electron chi connectivity index (χ4n) is 3.07. The van der Waals surface area contributed by atoms with Gasteiger partial charge in [0.25, 0.3) is 10.0 Å². The Labute approximate surface area is 180 Å². The van der Waals surface area contributed by atoms with E-state index in [1.165, 1.54) is 38.5 Å². The number of rotatable bonds is 8. The molecule has 0 saturated carbocycles. The Morgan fingerprint density at radius 3 is 2.35 bits per heavy atom. The molecule has 11 nitrogen and oxygen atoms in total. The van der Waals surface area contributed by atoms with Crippen LogP contribution in [0.15, 0.2) is 76.7 Å². The second-order valence-corrected chi connectivity index (χ2v) is 8.01. The summed E-state index contributed by atoms with van der Waals surface area (Å²) in [5.74, 6) is 6.36. The number of hydrazine groups is 1. The van der Waals surface area contributed by atoms with Crippen LogP contribution in [0, 0.1) is 0 Å². The lowest BCUT2D eigenvalue weighted by Gasteiger charge is -2.27. The lowest BCUT2D eigenvalue weighted by Crippen LogP contribution is -2.37. The third-order valence-corrected chi connectivity index (χ3v) is 5.82. The number of sulfonamides is 1. The maximum atomic E-state index is 13.1. The molecule has 0 amide bonds. The molecule has 166 valence electrons. The van der Waals surface area contributed by atoms with Gasteiger partial charge in [0, 0.05) is 18.6 Å². The average Bonchev–Trinajstić information content (AvgIpc) is 3.24. The molecule has 0 atom stereocenters. The number of nitrogens with zero attached hydrogens (tertiary/aromatic N) is 3. The van der Waals surface area contributed by atoms with Crippen LogP contribution in [0.3, 0.4) is 0 Å². The standard InChI is InChI=1S/C19H24N6O5S/c1-28-14-6-4-7-15(29-2)18(14)31(26,27)23-19(20)17-16(30-3)10-13(12-25(17)21)11-24-9-5-8-22-24/h4-10,12,23H,11,20-21H2,1-3H3/b19-17+. The van der Waals surface area contributed by atoms with Crippen LogP contribution in [0.2, 0.25) is 0 Å². The summed E-state index contributed by atoms with van der Waals surface area (Å²) in [6.45, 7) is 0.435. The number of hydrogen-bond acceptors (Lipinski definition) is 9. The number of allylic oxidation sites excluding steroid dienone is 2. The highest BCUT2D eigenvalue weighted by Gasteiger charge is 2.28. The topological polar surface area (TPSA) is 147 Å². The van der Waals surface area contributed by atoms with E-state index < -0.39 is 10.0 Å². The van der Waals surface area contributed by atoms with Crippen molar-refractivity contribution < 1.29 is 22.6 Å². The fourth-order valence-corrected chi connectivity index (χ4v) is 4.39. The first-order valence-electron chi connectivity index (χ1n) is 9.02. The van der Waals surface area contributed by atoms with Crippen molar-refractivity contribution >= 4 is 10.0 Å². The molecule has 1 aliphatic rings. The van der Waals surface area contributed by atoms with Gasteiger partial charge < -0.3 is 19.9 Å². The first kappa shape index (κ1) is 22.1. The molecule has 0 aliphatic carbocycles. The maximum Gasteiger partial charge on any atom is 0.270 e. The van der Waals surface area contributed by atoms with Crippen LogP contribution in [-0.4, -0.2) is 44.5 Å². The molecule has 2 aromatic rings. The maximum absolute atomic E-state index is 13.1. The Morgan fingerprint density at radius 2 is 1.81 bits per heavy atom. The molecule has 0 unspecified atom stereocenters. The number of methoxy groups -OCH3 is 3. The van der Waals surface area contributed by atoms with Gasteiger partial charge in [-0.25, -0.2) is 14.3 Å². The Morgan fingerprint density at radius 1 is 1.13 bits per heavy atom. The molecule has 0 fully saturated rings. The van der Waals surface area contributed by atoms with E-state index in [1.54, 1.807) is 41.5 Å². The second-order valence-electron chi connectivity index (χ2n) is 6.39. The van der Waals surface area contributed by atoms with Crippen molar-refractivity contribution in [1.82, 2.24) is 19.5 Å². The smallest absolute Gasteiger partial charge is 0.270 e. The summed E-state index contributed by atoms with van der Waals surface area (Å²) in [6.07, 6.45) is 6.76. The minimum absolute atomic E-state index is 0.0989. The van der Waals surface area contributed by atoms with Crippen LogP contribution in [-0.2, 0) is 21.3 Å². The molecule has 3 rings (SSSR count). The lowest BCUT2D eigenvalue weighted by molar-refractivity contribution is 0.270. The van der Waals surface area contributed by atoms with Crippen LogP contribution in [0.4, 0.5) is 0 Å². The van der Waals surface area contributed by atoms with E-state index in [0.717, 1.165) is 5.57 Å². The first-order chi connectivity index (χ1) is 14.8. The Balaban J connectivity index is 1.96. The number of benzene rings is 1. The van der Waals surface area contributed by atoms with Gasteiger partial charge in [0.2, 0.25) is 0 Å². The third kappa shape index (κ3) is 4.59. The van der Waals surface area contributed by atoms with Crippen LogP contribution >= 0.6 is 0 Å². The summed E-state index contributed by atoms with van der Waals surface area (Å²) in [6, 6.07) is 6.41. The molecule has 0 saturated heterocycles. The first-order valence-corrected chi connectivity index (χ1v) is 10.5. The van der Waals surface area contributed by atoms with Gasteiger partial charge in [0.1, 0.15) is 28.8 Å². The van der Waals surface area contributed by atoms with Crippen molar-refractivity contribution in [2.75, 3.05) is 21.3 Å². The Bertz CT molecular complexity index is 1120. The zero-order chi connectivity index (χ0) is 22.6. The second kappa shape index (κ2) is 9.02. The van der Waals surface area contributed by atoms with Crippen molar-refractivity contribution in [3.63, 3.8) is 0 Å². The summed E-state index contributed by atoms with van der Waals surface area (Å²) in [5, 5.41) is 5.34. The van der Waals surface area contributed by atoms with E-state index in [-0.39, 0.29) is 33.7 Å². The normalized spacial score (nSPS) is 15.7. The molecule has 1 aromatic heterocycles. The zero-order valence-corrected chi connectivity index (χ0v) is 18.1. The molecule has 1 aliphatic heterocycles. The van der Waals surface area contributed by atoms with Crippen molar-refractivity contribution in [2.45, 2.75) is 11.4 Å². The number of nitrogens with two attached hydrogens (primary N) is 2. The van der Waals surface area contributed by atoms with Crippen LogP contribution in [0.25, 0.3) is 0 Å². The molecular weight excluding hydrogens is 424 g/mol. The quantitative estimate of drug-likeness (QED) is 0.494. The summed E-state index contributed by atoms with van der Waals surface area (Å²) >= 11 is 0. The van der Waals surface area contributed by atoms with E-state index >= 15 is 0 Å². The minimum atomic E-state index is -4.19. The Hall–Kier alpha value is -3.64. The van der Waals surface area contributed by atoms with Crippen molar-refractivity contribution in [3.05, 3.63) is 71.8 Å². The van der Waals surface area contributed by atoms with E-state index in [4.69, 9.17) is 25.8 Å². The molecule has 5 N–H and O–H groups in total. The van der Waals surface area contributed by atoms with E-state index in [1.807, 2.05) is 0 Å². The SMILES string of the molecule is COC1=CC(Cn2cccn2)=CN(N)/C1=C(\N)NS(=O)(=O)c1c(OC)cccc1OC. The molecule has 1 aromatic carbocycles. The van der Waals surface area contributed by atoms with Gasteiger partial charge >= 0.3 is 0 Å². The fraction of sp³-hybridized carbons (Fsp3) is 0.211. The summed E-state index contributed by atoms with van der Waals surface area (Å²) in [4.78, 5) is -0.194. The minimum Gasteiger partial charge on any atom is -0.495 e. The summed E-state index contributed by atoms with van der Waals surface area (Å²) < 4.78 is 46.0. The highest BCUT2D eigenvalue weighted by molar-refractivity contribution is 7.89. The van der Waals surface area contributed by atoms with Crippen LogP contribution < -0.4 is 25.8 Å². The summed E-state index contributed by atoms with van der Waals surface area (Å²) in [5.41, 5.74) is 7.03. The number of nitrogens with one attached hydrogen (secondary N) is 1. The highest BCUT2D eigenvalue weighted by Crippen LogP contribution is 2.33. The molecule has 2 heterocycles. The number of aromatic nitrogens is 2. The molecule has 0 radical (unpaired) electrons. The van der Waals surface area contributed by atoms with E-state index in [9.17, 15) is 8.42 Å². The molecular formula is C19H24N6O5S. The van der Waals surface area contributed by atoms with Crippen molar-refractivity contribution in [1.29, 1.82) is 0 Å². The predicted octanol–water partition coefficient (Wildman–Crippen LogP) is 0.610. The van der Waals surface area contributed by atoms with Gasteiger partial charge in [-0.05, 0) is 29.8 Å². The highest BCUT2D eigenvalue weighted by atomic mass is 32.2. The molecule has 31 heavy (non-hydrogen) atoms. The van der Waals surface area contributed by atoms with Crippen LogP contribution in [0.5, 0.6) is 11.5 Å². The van der Waals surface area contributed by atoms with Gasteiger partial charge in [0.05, 0.1) is 27.9 Å². The van der Waals surface area contributed by atoms with Gasteiger partial charge in [-0.2, -0.15) is 5.10 Å². The van der Waals surface area contributed by atoms with Gasteiger partial charge in [-0.1, -0.05) is 6.07 Å². The Kier molecular flexibility index (Phi) is 6.42. The molecule has 0 bridgehead atoms. The van der Waals surface area contributed by atoms with Crippen molar-refractivity contribution in [2.24, 2.45) is 11.6 Å². The average molecular weight is 449 g/mol. The zero-order valence-electron chi connectivity index (χ0n) is 17.3. The molecule has 12 heteroatoms. The monoisotopic (exact) mass is 448 g/mol. The molecule has 0 spiro atoms. The van der Waals surface area contributed by atoms with E-state index in [2.05, 4.69) is 9.82 Å². The van der Waals surface area contributed by atoms with Crippen molar-refractivity contribution in [3.8, 4) is 11.5 Å². The number of ether oxygens (including phenoxy) is 3. The predicted molar refractivity (Wildman–Crippen MR) is 113 cm³/mol. The third-order valence-electron chi connectivity index (χ3n) is 4.39.